The van der Waals surface area contributed by atoms with Crippen molar-refractivity contribution in [3.8, 4) is 0 Å². The highest BCUT2D eigenvalue weighted by Gasteiger charge is 2.20. The molecule has 1 unspecified atom stereocenters. The molecule has 3 rings (SSSR count). The Bertz CT molecular complexity index is 567. The molecule has 0 saturated heterocycles. The summed E-state index contributed by atoms with van der Waals surface area (Å²) in [6.07, 6.45) is 7.01. The molecule has 0 radical (unpaired) electrons. The van der Waals surface area contributed by atoms with Gasteiger partial charge in [0, 0.05) is 13.1 Å². The summed E-state index contributed by atoms with van der Waals surface area (Å²) in [6, 6.07) is 8.94. The molecule has 1 atom stereocenters. The van der Waals surface area contributed by atoms with Gasteiger partial charge in [-0.25, -0.2) is 4.98 Å². The van der Waals surface area contributed by atoms with Gasteiger partial charge >= 0.3 is 0 Å². The predicted octanol–water partition coefficient (Wildman–Crippen LogP) is 3.63. The van der Waals surface area contributed by atoms with Gasteiger partial charge in [0.15, 0.2) is 0 Å². The number of benzene rings is 1. The Morgan fingerprint density at radius 2 is 2.00 bits per heavy atom. The van der Waals surface area contributed by atoms with Crippen LogP contribution in [0.15, 0.2) is 24.3 Å². The number of hydrogen-bond donors (Lipinski definition) is 1. The summed E-state index contributed by atoms with van der Waals surface area (Å²) in [5, 5.41) is 3.69. The standard InChI is InChI=1S/C17H25N3/c1-13(14-8-4-3-5-9-14)18-12-17-19-15-10-6-7-11-16(15)20(17)2/h6-7,10-11,13-14,18H,3-5,8-9,12H2,1-2H3. The molecule has 108 valence electrons. The number of nitrogens with zero attached hydrogens (tertiary/aromatic N) is 2. The second-order valence-corrected chi connectivity index (χ2v) is 6.14. The van der Waals surface area contributed by atoms with E-state index in [2.05, 4.69) is 48.1 Å². The molecule has 1 fully saturated rings. The van der Waals surface area contributed by atoms with Crippen LogP contribution in [0.1, 0.15) is 44.9 Å². The van der Waals surface area contributed by atoms with E-state index in [1.165, 1.54) is 37.6 Å². The molecule has 1 N–H and O–H groups in total. The zero-order chi connectivity index (χ0) is 13.9. The Morgan fingerprint density at radius 3 is 2.75 bits per heavy atom. The number of rotatable bonds is 4. The van der Waals surface area contributed by atoms with Crippen molar-refractivity contribution in [1.82, 2.24) is 14.9 Å². The first kappa shape index (κ1) is 13.6. The molecule has 1 aliphatic rings. The molecule has 1 heterocycles. The molecule has 0 amide bonds. The lowest BCUT2D eigenvalue weighted by Gasteiger charge is -2.28. The van der Waals surface area contributed by atoms with E-state index in [1.807, 2.05) is 0 Å². The van der Waals surface area contributed by atoms with Crippen molar-refractivity contribution in [2.45, 2.75) is 51.6 Å². The molecular formula is C17H25N3. The Balaban J connectivity index is 1.65. The number of fused-ring (bicyclic) bond motifs is 1. The number of imidazole rings is 1. The molecule has 2 aromatic rings. The second-order valence-electron chi connectivity index (χ2n) is 6.14. The van der Waals surface area contributed by atoms with Gasteiger partial charge in [-0.05, 0) is 37.8 Å². The smallest absolute Gasteiger partial charge is 0.123 e. The lowest BCUT2D eigenvalue weighted by molar-refractivity contribution is 0.279. The Morgan fingerprint density at radius 1 is 1.25 bits per heavy atom. The third-order valence-corrected chi connectivity index (χ3v) is 4.82. The fourth-order valence-corrected chi connectivity index (χ4v) is 3.41. The molecule has 0 bridgehead atoms. The van der Waals surface area contributed by atoms with E-state index < -0.39 is 0 Å². The Labute approximate surface area is 121 Å². The fourth-order valence-electron chi connectivity index (χ4n) is 3.41. The molecule has 1 aliphatic carbocycles. The van der Waals surface area contributed by atoms with Crippen LogP contribution in [0, 0.1) is 5.92 Å². The zero-order valence-corrected chi connectivity index (χ0v) is 12.6. The minimum atomic E-state index is 0.593. The van der Waals surface area contributed by atoms with Crippen molar-refractivity contribution in [2.24, 2.45) is 13.0 Å². The van der Waals surface area contributed by atoms with Crippen LogP contribution in [0.25, 0.3) is 11.0 Å². The lowest BCUT2D eigenvalue weighted by atomic mass is 9.84. The van der Waals surface area contributed by atoms with E-state index in [1.54, 1.807) is 0 Å². The normalized spacial score (nSPS) is 18.5. The molecule has 1 aromatic carbocycles. The van der Waals surface area contributed by atoms with Crippen molar-refractivity contribution < 1.29 is 0 Å². The number of aromatic nitrogens is 2. The van der Waals surface area contributed by atoms with E-state index in [0.29, 0.717) is 6.04 Å². The first-order chi connectivity index (χ1) is 9.75. The maximum atomic E-state index is 4.73. The van der Waals surface area contributed by atoms with E-state index in [-0.39, 0.29) is 0 Å². The van der Waals surface area contributed by atoms with Gasteiger partial charge in [0.05, 0.1) is 17.6 Å². The summed E-state index contributed by atoms with van der Waals surface area (Å²) in [7, 11) is 2.11. The highest BCUT2D eigenvalue weighted by Crippen LogP contribution is 2.26. The molecule has 1 saturated carbocycles. The van der Waals surface area contributed by atoms with Gasteiger partial charge in [0.25, 0.3) is 0 Å². The van der Waals surface area contributed by atoms with Crippen molar-refractivity contribution in [3.05, 3.63) is 30.1 Å². The van der Waals surface area contributed by atoms with Gasteiger partial charge in [0.1, 0.15) is 5.82 Å². The van der Waals surface area contributed by atoms with Gasteiger partial charge in [-0.15, -0.1) is 0 Å². The largest absolute Gasteiger partial charge is 0.330 e. The third-order valence-electron chi connectivity index (χ3n) is 4.82. The minimum absolute atomic E-state index is 0.593. The van der Waals surface area contributed by atoms with Crippen LogP contribution in [0.4, 0.5) is 0 Å². The maximum absolute atomic E-state index is 4.73. The Hall–Kier alpha value is -1.35. The summed E-state index contributed by atoms with van der Waals surface area (Å²) in [4.78, 5) is 4.73. The van der Waals surface area contributed by atoms with Crippen LogP contribution in [0.3, 0.4) is 0 Å². The summed E-state index contributed by atoms with van der Waals surface area (Å²) < 4.78 is 2.20. The Kier molecular flexibility index (Phi) is 4.06. The van der Waals surface area contributed by atoms with Gasteiger partial charge in [0.2, 0.25) is 0 Å². The number of aryl methyl sites for hydroxylation is 1. The van der Waals surface area contributed by atoms with Crippen LogP contribution in [-0.2, 0) is 13.6 Å². The van der Waals surface area contributed by atoms with Crippen molar-refractivity contribution in [2.75, 3.05) is 0 Å². The third kappa shape index (κ3) is 2.73. The monoisotopic (exact) mass is 271 g/mol. The van der Waals surface area contributed by atoms with E-state index in [9.17, 15) is 0 Å². The predicted molar refractivity (Wildman–Crippen MR) is 83.6 cm³/mol. The molecule has 20 heavy (non-hydrogen) atoms. The van der Waals surface area contributed by atoms with E-state index in [0.717, 1.165) is 23.8 Å². The fraction of sp³-hybridized carbons (Fsp3) is 0.588. The first-order valence-electron chi connectivity index (χ1n) is 7.89. The van der Waals surface area contributed by atoms with Crippen LogP contribution >= 0.6 is 0 Å². The van der Waals surface area contributed by atoms with Gasteiger partial charge < -0.3 is 9.88 Å². The van der Waals surface area contributed by atoms with Gasteiger partial charge in [-0.3, -0.25) is 0 Å². The summed E-state index contributed by atoms with van der Waals surface area (Å²) in [5.74, 6) is 1.98. The quantitative estimate of drug-likeness (QED) is 0.920. The van der Waals surface area contributed by atoms with Crippen LogP contribution in [0.2, 0.25) is 0 Å². The van der Waals surface area contributed by atoms with Crippen molar-refractivity contribution in [3.63, 3.8) is 0 Å². The minimum Gasteiger partial charge on any atom is -0.330 e. The maximum Gasteiger partial charge on any atom is 0.123 e. The van der Waals surface area contributed by atoms with Crippen LogP contribution in [0.5, 0.6) is 0 Å². The van der Waals surface area contributed by atoms with Gasteiger partial charge in [-0.1, -0.05) is 31.4 Å². The summed E-state index contributed by atoms with van der Waals surface area (Å²) in [6.45, 7) is 3.20. The summed E-state index contributed by atoms with van der Waals surface area (Å²) in [5.41, 5.74) is 2.31. The van der Waals surface area contributed by atoms with E-state index in [4.69, 9.17) is 4.98 Å². The van der Waals surface area contributed by atoms with Crippen LogP contribution < -0.4 is 5.32 Å². The average molecular weight is 271 g/mol. The molecular weight excluding hydrogens is 246 g/mol. The summed E-state index contributed by atoms with van der Waals surface area (Å²) >= 11 is 0. The molecule has 0 aliphatic heterocycles. The second kappa shape index (κ2) is 5.96. The lowest BCUT2D eigenvalue weighted by Crippen LogP contribution is -2.34. The van der Waals surface area contributed by atoms with Crippen LogP contribution in [-0.4, -0.2) is 15.6 Å². The highest BCUT2D eigenvalue weighted by molar-refractivity contribution is 5.75. The number of nitrogens with one attached hydrogen (secondary N) is 1. The first-order valence-corrected chi connectivity index (χ1v) is 7.89. The highest BCUT2D eigenvalue weighted by atomic mass is 15.1. The van der Waals surface area contributed by atoms with Gasteiger partial charge in [-0.2, -0.15) is 0 Å². The topological polar surface area (TPSA) is 29.9 Å². The number of hydrogen-bond acceptors (Lipinski definition) is 2. The number of para-hydroxylation sites is 2. The molecule has 3 nitrogen and oxygen atoms in total. The SMILES string of the molecule is CC(NCc1nc2ccccc2n1C)C1CCCCC1. The average Bonchev–Trinajstić information content (AvgIpc) is 2.83. The molecule has 1 aromatic heterocycles. The van der Waals surface area contributed by atoms with Crippen molar-refractivity contribution >= 4 is 11.0 Å². The molecule has 3 heteroatoms. The van der Waals surface area contributed by atoms with Crippen molar-refractivity contribution in [1.29, 1.82) is 0 Å². The van der Waals surface area contributed by atoms with E-state index >= 15 is 0 Å². The zero-order valence-electron chi connectivity index (χ0n) is 12.6. The molecule has 0 spiro atoms.